The van der Waals surface area contributed by atoms with Gasteiger partial charge in [-0.3, -0.25) is 4.79 Å². The van der Waals surface area contributed by atoms with Gasteiger partial charge in [-0.1, -0.05) is 0 Å². The molecule has 0 radical (unpaired) electrons. The van der Waals surface area contributed by atoms with Crippen LogP contribution in [0.15, 0.2) is 24.3 Å². The lowest BCUT2D eigenvalue weighted by Gasteiger charge is -2.34. The van der Waals surface area contributed by atoms with Gasteiger partial charge in [-0.05, 0) is 64.9 Å². The van der Waals surface area contributed by atoms with Crippen LogP contribution in [-0.4, -0.2) is 73.7 Å². The Hall–Kier alpha value is -2.28. The van der Waals surface area contributed by atoms with Crippen molar-refractivity contribution in [1.82, 2.24) is 9.80 Å². The van der Waals surface area contributed by atoms with Crippen LogP contribution < -0.4 is 10.2 Å². The molecule has 2 fully saturated rings. The van der Waals surface area contributed by atoms with Gasteiger partial charge in [0.15, 0.2) is 0 Å². The highest BCUT2D eigenvalue weighted by Crippen LogP contribution is 2.23. The van der Waals surface area contributed by atoms with Crippen LogP contribution >= 0.6 is 0 Å². The Labute approximate surface area is 174 Å². The molecule has 0 aromatic heterocycles. The molecule has 7 heteroatoms. The van der Waals surface area contributed by atoms with E-state index >= 15 is 0 Å². The number of nitrogens with zero attached hydrogens (tertiary/aromatic N) is 3. The lowest BCUT2D eigenvalue weighted by atomic mass is 9.96. The molecule has 1 aromatic rings. The second-order valence-corrected chi connectivity index (χ2v) is 9.07. The minimum Gasteiger partial charge on any atom is -0.444 e. The van der Waals surface area contributed by atoms with E-state index in [9.17, 15) is 9.59 Å². The van der Waals surface area contributed by atoms with E-state index in [4.69, 9.17) is 4.74 Å². The van der Waals surface area contributed by atoms with Crippen LogP contribution in [0.4, 0.5) is 16.2 Å². The summed E-state index contributed by atoms with van der Waals surface area (Å²) in [5, 5.41) is 3.03. The number of piperidine rings is 1. The highest BCUT2D eigenvalue weighted by atomic mass is 16.6. The Morgan fingerprint density at radius 2 is 1.55 bits per heavy atom. The second-order valence-electron chi connectivity index (χ2n) is 9.07. The van der Waals surface area contributed by atoms with Crippen molar-refractivity contribution in [2.75, 3.05) is 56.5 Å². The van der Waals surface area contributed by atoms with Crippen LogP contribution in [0.25, 0.3) is 0 Å². The Kier molecular flexibility index (Phi) is 6.67. The number of benzene rings is 1. The van der Waals surface area contributed by atoms with Crippen molar-refractivity contribution in [1.29, 1.82) is 0 Å². The number of likely N-dealkylation sites (tertiary alicyclic amines) is 1. The molecule has 0 saturated carbocycles. The Balaban J connectivity index is 1.47. The normalized spacial score (nSPS) is 19.2. The van der Waals surface area contributed by atoms with Crippen LogP contribution in [0.1, 0.15) is 33.6 Å². The smallest absolute Gasteiger partial charge is 0.410 e. The van der Waals surface area contributed by atoms with Gasteiger partial charge >= 0.3 is 6.09 Å². The third-order valence-corrected chi connectivity index (χ3v) is 5.52. The minimum absolute atomic E-state index is 0.0289. The first-order valence-electron chi connectivity index (χ1n) is 10.5. The molecule has 2 aliphatic rings. The summed E-state index contributed by atoms with van der Waals surface area (Å²) in [6, 6.07) is 8.10. The summed E-state index contributed by atoms with van der Waals surface area (Å²) < 4.78 is 5.42. The maximum Gasteiger partial charge on any atom is 0.410 e. The summed E-state index contributed by atoms with van der Waals surface area (Å²) in [5.41, 5.74) is 1.52. The lowest BCUT2D eigenvalue weighted by molar-refractivity contribution is -0.121. The third-order valence-electron chi connectivity index (χ3n) is 5.52. The van der Waals surface area contributed by atoms with Gasteiger partial charge in [0.2, 0.25) is 5.91 Å². The van der Waals surface area contributed by atoms with Crippen LogP contribution in [0, 0.1) is 5.92 Å². The number of anilines is 2. The number of carbonyl (C=O) groups excluding carboxylic acids is 2. The Bertz CT molecular complexity index is 698. The highest BCUT2D eigenvalue weighted by molar-refractivity contribution is 5.92. The fourth-order valence-electron chi connectivity index (χ4n) is 3.72. The monoisotopic (exact) mass is 402 g/mol. The molecule has 2 saturated heterocycles. The van der Waals surface area contributed by atoms with E-state index in [0.717, 1.165) is 31.9 Å². The standard InChI is InChI=1S/C22H34N4O3/c1-22(2,3)29-21(28)26-11-9-17(10-12-26)20(27)23-18-5-7-19(8-6-18)25-15-13-24(4)14-16-25/h5-8,17H,9-16H2,1-4H3,(H,23,27). The molecule has 0 spiro atoms. The number of hydrogen-bond acceptors (Lipinski definition) is 5. The minimum atomic E-state index is -0.498. The molecule has 29 heavy (non-hydrogen) atoms. The molecule has 0 unspecified atom stereocenters. The maximum atomic E-state index is 12.6. The van der Waals surface area contributed by atoms with E-state index in [-0.39, 0.29) is 17.9 Å². The molecular formula is C22H34N4O3. The summed E-state index contributed by atoms with van der Waals surface area (Å²) in [7, 11) is 2.15. The summed E-state index contributed by atoms with van der Waals surface area (Å²) >= 11 is 0. The largest absolute Gasteiger partial charge is 0.444 e. The van der Waals surface area contributed by atoms with Crippen LogP contribution in [0.5, 0.6) is 0 Å². The van der Waals surface area contributed by atoms with Crippen LogP contribution in [0.3, 0.4) is 0 Å². The van der Waals surface area contributed by atoms with Gasteiger partial charge in [-0.25, -0.2) is 4.79 Å². The zero-order valence-corrected chi connectivity index (χ0v) is 18.1. The Morgan fingerprint density at radius 1 is 0.966 bits per heavy atom. The molecule has 1 N–H and O–H groups in total. The molecule has 0 aliphatic carbocycles. The zero-order chi connectivity index (χ0) is 21.0. The van der Waals surface area contributed by atoms with Crippen molar-refractivity contribution in [2.24, 2.45) is 5.92 Å². The van der Waals surface area contributed by atoms with Crippen molar-refractivity contribution < 1.29 is 14.3 Å². The van der Waals surface area contributed by atoms with Gasteiger partial charge in [0.05, 0.1) is 0 Å². The van der Waals surface area contributed by atoms with E-state index in [1.165, 1.54) is 5.69 Å². The highest BCUT2D eigenvalue weighted by Gasteiger charge is 2.30. The number of amides is 2. The van der Waals surface area contributed by atoms with Gasteiger partial charge in [-0.15, -0.1) is 0 Å². The number of rotatable bonds is 3. The third kappa shape index (κ3) is 6.10. The lowest BCUT2D eigenvalue weighted by Crippen LogP contribution is -2.44. The molecule has 7 nitrogen and oxygen atoms in total. The van der Waals surface area contributed by atoms with Gasteiger partial charge in [0, 0.05) is 56.6 Å². The molecule has 160 valence electrons. The SMILES string of the molecule is CN1CCN(c2ccc(NC(=O)C3CCN(C(=O)OC(C)(C)C)CC3)cc2)CC1. The topological polar surface area (TPSA) is 65.1 Å². The van der Waals surface area contributed by atoms with E-state index in [1.807, 2.05) is 32.9 Å². The molecule has 1 aromatic carbocycles. The van der Waals surface area contributed by atoms with Gasteiger partial charge < -0.3 is 24.8 Å². The average Bonchev–Trinajstić information content (AvgIpc) is 2.68. The summed E-state index contributed by atoms with van der Waals surface area (Å²) in [6.07, 6.45) is 1.02. The number of ether oxygens (including phenoxy) is 1. The Morgan fingerprint density at radius 3 is 2.10 bits per heavy atom. The predicted octanol–water partition coefficient (Wildman–Crippen LogP) is 3.02. The fraction of sp³-hybridized carbons (Fsp3) is 0.636. The van der Waals surface area contributed by atoms with Crippen molar-refractivity contribution in [3.05, 3.63) is 24.3 Å². The maximum absolute atomic E-state index is 12.6. The molecule has 2 amide bonds. The first-order chi connectivity index (χ1) is 13.7. The van der Waals surface area contributed by atoms with E-state index in [0.29, 0.717) is 25.9 Å². The first kappa shape index (κ1) is 21.4. The van der Waals surface area contributed by atoms with E-state index in [2.05, 4.69) is 34.3 Å². The zero-order valence-electron chi connectivity index (χ0n) is 18.1. The molecule has 2 aliphatic heterocycles. The predicted molar refractivity (Wildman–Crippen MR) is 115 cm³/mol. The first-order valence-corrected chi connectivity index (χ1v) is 10.5. The van der Waals surface area contributed by atoms with Crippen molar-refractivity contribution >= 4 is 23.4 Å². The molecule has 0 bridgehead atoms. The van der Waals surface area contributed by atoms with Crippen LogP contribution in [0.2, 0.25) is 0 Å². The van der Waals surface area contributed by atoms with Crippen LogP contribution in [-0.2, 0) is 9.53 Å². The fourth-order valence-corrected chi connectivity index (χ4v) is 3.72. The molecule has 2 heterocycles. The van der Waals surface area contributed by atoms with Crippen molar-refractivity contribution in [3.63, 3.8) is 0 Å². The number of piperazine rings is 1. The quantitative estimate of drug-likeness (QED) is 0.842. The van der Waals surface area contributed by atoms with E-state index in [1.54, 1.807) is 4.90 Å². The van der Waals surface area contributed by atoms with Crippen molar-refractivity contribution in [2.45, 2.75) is 39.2 Å². The number of carbonyl (C=O) groups is 2. The molecule has 0 atom stereocenters. The van der Waals surface area contributed by atoms with Gasteiger partial charge in [0.1, 0.15) is 5.60 Å². The molecular weight excluding hydrogens is 368 g/mol. The number of nitrogens with one attached hydrogen (secondary N) is 1. The summed E-state index contributed by atoms with van der Waals surface area (Å²) in [6.45, 7) is 10.9. The number of likely N-dealkylation sites (N-methyl/N-ethyl adjacent to an activating group) is 1. The molecule has 3 rings (SSSR count). The summed E-state index contributed by atoms with van der Waals surface area (Å²) in [5.74, 6) is -0.0489. The summed E-state index contributed by atoms with van der Waals surface area (Å²) in [4.78, 5) is 31.2. The second kappa shape index (κ2) is 9.03. The average molecular weight is 403 g/mol. The van der Waals surface area contributed by atoms with Crippen molar-refractivity contribution in [3.8, 4) is 0 Å². The van der Waals surface area contributed by atoms with Gasteiger partial charge in [-0.2, -0.15) is 0 Å². The van der Waals surface area contributed by atoms with E-state index < -0.39 is 5.60 Å². The van der Waals surface area contributed by atoms with Gasteiger partial charge in [0.25, 0.3) is 0 Å². The number of hydrogen-bond donors (Lipinski definition) is 1.